The summed E-state index contributed by atoms with van der Waals surface area (Å²) < 4.78 is 10.6. The van der Waals surface area contributed by atoms with E-state index in [4.69, 9.17) is 21.1 Å². The second kappa shape index (κ2) is 9.99. The molecule has 0 saturated carbocycles. The number of methoxy groups -OCH3 is 2. The quantitative estimate of drug-likeness (QED) is 0.695. The zero-order chi connectivity index (χ0) is 20.7. The molecule has 2 aromatic rings. The fraction of sp³-hybridized carbons (Fsp3) is 0.333. The first-order chi connectivity index (χ1) is 13.3. The number of ether oxygens (including phenoxy) is 2. The molecule has 0 bridgehead atoms. The van der Waals surface area contributed by atoms with Crippen LogP contribution in [0.5, 0.6) is 11.5 Å². The van der Waals surface area contributed by atoms with Crippen LogP contribution in [0.2, 0.25) is 5.02 Å². The molecule has 0 unspecified atom stereocenters. The number of nitrogens with one attached hydrogen (secondary N) is 2. The van der Waals surface area contributed by atoms with E-state index in [0.717, 1.165) is 5.56 Å². The third-order valence-corrected chi connectivity index (χ3v) is 4.36. The average molecular weight is 405 g/mol. The molecular weight excluding hydrogens is 380 g/mol. The first kappa shape index (κ1) is 21.6. The lowest BCUT2D eigenvalue weighted by Crippen LogP contribution is -2.30. The molecule has 2 aromatic carbocycles. The SMILES string of the molecule is COc1ccc(OC)c(CCC(=O)Nc2cc(C(=O)NC(C)C)ccc2Cl)c1. The molecule has 0 radical (unpaired) electrons. The largest absolute Gasteiger partial charge is 0.497 e. The predicted octanol–water partition coefficient (Wildman–Crippen LogP) is 4.07. The summed E-state index contributed by atoms with van der Waals surface area (Å²) in [7, 11) is 3.17. The molecule has 0 aromatic heterocycles. The van der Waals surface area contributed by atoms with Gasteiger partial charge in [0.15, 0.2) is 0 Å². The number of hydrogen-bond donors (Lipinski definition) is 2. The Morgan fingerprint density at radius 1 is 1.07 bits per heavy atom. The van der Waals surface area contributed by atoms with Crippen LogP contribution in [0.3, 0.4) is 0 Å². The summed E-state index contributed by atoms with van der Waals surface area (Å²) in [4.78, 5) is 24.6. The third-order valence-electron chi connectivity index (χ3n) is 4.03. The van der Waals surface area contributed by atoms with E-state index in [0.29, 0.717) is 34.2 Å². The lowest BCUT2D eigenvalue weighted by molar-refractivity contribution is -0.116. The minimum absolute atomic E-state index is 0.0130. The summed E-state index contributed by atoms with van der Waals surface area (Å²) in [6.45, 7) is 3.76. The van der Waals surface area contributed by atoms with Gasteiger partial charge in [-0.1, -0.05) is 11.6 Å². The maximum Gasteiger partial charge on any atom is 0.251 e. The van der Waals surface area contributed by atoms with Gasteiger partial charge in [0.1, 0.15) is 11.5 Å². The Bertz CT molecular complexity index is 852. The average Bonchev–Trinajstić information content (AvgIpc) is 2.67. The molecule has 28 heavy (non-hydrogen) atoms. The number of carbonyl (C=O) groups is 2. The second-order valence-corrected chi connectivity index (χ2v) is 6.96. The van der Waals surface area contributed by atoms with E-state index >= 15 is 0 Å². The molecular formula is C21H25ClN2O4. The number of hydrogen-bond acceptors (Lipinski definition) is 4. The lowest BCUT2D eigenvalue weighted by Gasteiger charge is -2.13. The topological polar surface area (TPSA) is 76.7 Å². The monoisotopic (exact) mass is 404 g/mol. The van der Waals surface area contributed by atoms with Crippen molar-refractivity contribution in [2.24, 2.45) is 0 Å². The Labute approximate surface area is 170 Å². The maximum absolute atomic E-state index is 12.4. The fourth-order valence-corrected chi connectivity index (χ4v) is 2.81. The van der Waals surface area contributed by atoms with Gasteiger partial charge in [-0.2, -0.15) is 0 Å². The summed E-state index contributed by atoms with van der Waals surface area (Å²) in [6.07, 6.45) is 0.694. The van der Waals surface area contributed by atoms with Gasteiger partial charge in [0.25, 0.3) is 5.91 Å². The molecule has 0 aliphatic carbocycles. The molecule has 0 heterocycles. The number of anilines is 1. The van der Waals surface area contributed by atoms with Crippen LogP contribution in [0.1, 0.15) is 36.2 Å². The van der Waals surface area contributed by atoms with Gasteiger partial charge in [0.05, 0.1) is 24.9 Å². The van der Waals surface area contributed by atoms with Gasteiger partial charge in [-0.3, -0.25) is 9.59 Å². The Kier molecular flexibility index (Phi) is 7.70. The zero-order valence-electron chi connectivity index (χ0n) is 16.5. The van der Waals surface area contributed by atoms with E-state index in [2.05, 4.69) is 10.6 Å². The molecule has 0 aliphatic heterocycles. The van der Waals surface area contributed by atoms with Gasteiger partial charge in [-0.15, -0.1) is 0 Å². The van der Waals surface area contributed by atoms with Crippen LogP contribution in [0.25, 0.3) is 0 Å². The van der Waals surface area contributed by atoms with Crippen LogP contribution in [0.4, 0.5) is 5.69 Å². The van der Waals surface area contributed by atoms with Crippen molar-refractivity contribution in [1.82, 2.24) is 5.32 Å². The lowest BCUT2D eigenvalue weighted by atomic mass is 10.1. The van der Waals surface area contributed by atoms with E-state index in [1.807, 2.05) is 19.9 Å². The molecule has 0 spiro atoms. The zero-order valence-corrected chi connectivity index (χ0v) is 17.2. The number of amides is 2. The second-order valence-electron chi connectivity index (χ2n) is 6.55. The predicted molar refractivity (Wildman–Crippen MR) is 111 cm³/mol. The molecule has 2 rings (SSSR count). The number of aryl methyl sites for hydroxylation is 1. The Morgan fingerprint density at radius 3 is 2.46 bits per heavy atom. The van der Waals surface area contributed by atoms with Gasteiger partial charge >= 0.3 is 0 Å². The molecule has 0 saturated heterocycles. The summed E-state index contributed by atoms with van der Waals surface area (Å²) in [5, 5.41) is 5.95. The number of rotatable bonds is 8. The van der Waals surface area contributed by atoms with E-state index in [1.54, 1.807) is 44.6 Å². The highest BCUT2D eigenvalue weighted by atomic mass is 35.5. The van der Waals surface area contributed by atoms with Gasteiger partial charge in [0, 0.05) is 18.0 Å². The van der Waals surface area contributed by atoms with Crippen LogP contribution in [-0.2, 0) is 11.2 Å². The normalized spacial score (nSPS) is 10.5. The molecule has 6 nitrogen and oxygen atoms in total. The van der Waals surface area contributed by atoms with Crippen LogP contribution in [0.15, 0.2) is 36.4 Å². The molecule has 150 valence electrons. The summed E-state index contributed by atoms with van der Waals surface area (Å²) in [6, 6.07) is 10.3. The first-order valence-electron chi connectivity index (χ1n) is 8.95. The van der Waals surface area contributed by atoms with Crippen molar-refractivity contribution >= 4 is 29.1 Å². The van der Waals surface area contributed by atoms with Crippen molar-refractivity contribution in [2.75, 3.05) is 19.5 Å². The Hall–Kier alpha value is -2.73. The van der Waals surface area contributed by atoms with Crippen molar-refractivity contribution in [3.63, 3.8) is 0 Å². The van der Waals surface area contributed by atoms with Crippen molar-refractivity contribution < 1.29 is 19.1 Å². The molecule has 2 amide bonds. The van der Waals surface area contributed by atoms with Gasteiger partial charge in [-0.05, 0) is 62.2 Å². The van der Waals surface area contributed by atoms with Crippen LogP contribution in [0, 0.1) is 0 Å². The molecule has 7 heteroatoms. The minimum atomic E-state index is -0.219. The molecule has 0 atom stereocenters. The molecule has 0 aliphatic rings. The van der Waals surface area contributed by atoms with Crippen molar-refractivity contribution in [1.29, 1.82) is 0 Å². The van der Waals surface area contributed by atoms with E-state index in [9.17, 15) is 9.59 Å². The molecule has 0 fully saturated rings. The number of carbonyl (C=O) groups excluding carboxylic acids is 2. The van der Waals surface area contributed by atoms with Crippen LogP contribution >= 0.6 is 11.6 Å². The van der Waals surface area contributed by atoms with Gasteiger partial charge in [0.2, 0.25) is 5.91 Å². The highest BCUT2D eigenvalue weighted by Gasteiger charge is 2.13. The highest BCUT2D eigenvalue weighted by Crippen LogP contribution is 2.26. The van der Waals surface area contributed by atoms with E-state index < -0.39 is 0 Å². The van der Waals surface area contributed by atoms with Gasteiger partial charge in [-0.25, -0.2) is 0 Å². The number of benzene rings is 2. The van der Waals surface area contributed by atoms with Crippen LogP contribution < -0.4 is 20.1 Å². The number of halogens is 1. The first-order valence-corrected chi connectivity index (χ1v) is 9.33. The Morgan fingerprint density at radius 2 is 1.82 bits per heavy atom. The van der Waals surface area contributed by atoms with Crippen molar-refractivity contribution in [3.05, 3.63) is 52.5 Å². The smallest absolute Gasteiger partial charge is 0.251 e. The summed E-state index contributed by atoms with van der Waals surface area (Å²) in [5.74, 6) is 0.957. The summed E-state index contributed by atoms with van der Waals surface area (Å²) in [5.41, 5.74) is 1.71. The standard InChI is InChI=1S/C21H25ClN2O4/c1-13(2)23-21(26)15-5-8-17(22)18(12-15)24-20(25)10-6-14-11-16(27-3)7-9-19(14)28-4/h5,7-9,11-13H,6,10H2,1-4H3,(H,23,26)(H,24,25). The summed E-state index contributed by atoms with van der Waals surface area (Å²) >= 11 is 6.17. The van der Waals surface area contributed by atoms with Gasteiger partial charge < -0.3 is 20.1 Å². The maximum atomic E-state index is 12.4. The van der Waals surface area contributed by atoms with Crippen LogP contribution in [-0.4, -0.2) is 32.1 Å². The van der Waals surface area contributed by atoms with Crippen molar-refractivity contribution in [3.8, 4) is 11.5 Å². The highest BCUT2D eigenvalue weighted by molar-refractivity contribution is 6.33. The van der Waals surface area contributed by atoms with Crippen molar-refractivity contribution in [2.45, 2.75) is 32.7 Å². The molecule has 2 N–H and O–H groups in total. The van der Waals surface area contributed by atoms with E-state index in [-0.39, 0.29) is 24.3 Å². The van der Waals surface area contributed by atoms with E-state index in [1.165, 1.54) is 0 Å². The fourth-order valence-electron chi connectivity index (χ4n) is 2.65. The Balaban J connectivity index is 2.06. The minimum Gasteiger partial charge on any atom is -0.497 e. The third kappa shape index (κ3) is 5.89.